The number of piperazine rings is 1. The van der Waals surface area contributed by atoms with Gasteiger partial charge in [-0.15, -0.1) is 0 Å². The van der Waals surface area contributed by atoms with Gasteiger partial charge >= 0.3 is 0 Å². The second-order valence-electron chi connectivity index (χ2n) is 6.89. The van der Waals surface area contributed by atoms with Gasteiger partial charge in [0.25, 0.3) is 5.91 Å². The van der Waals surface area contributed by atoms with Crippen molar-refractivity contribution in [2.45, 2.75) is 19.0 Å². The van der Waals surface area contributed by atoms with Crippen molar-refractivity contribution in [3.05, 3.63) is 59.4 Å². The Morgan fingerprint density at radius 1 is 1.21 bits per heavy atom. The largest absolute Gasteiger partial charge is 0.508 e. The molecule has 1 fully saturated rings. The number of methoxy groups -OCH3 is 1. The molecule has 0 bridgehead atoms. The normalized spacial score (nSPS) is 17.5. The monoisotopic (exact) mass is 388 g/mol. The number of benzene rings is 2. The minimum Gasteiger partial charge on any atom is -0.508 e. The van der Waals surface area contributed by atoms with Crippen molar-refractivity contribution in [1.29, 1.82) is 0 Å². The zero-order valence-electron chi connectivity index (χ0n) is 15.8. The van der Waals surface area contributed by atoms with Gasteiger partial charge in [0.2, 0.25) is 0 Å². The molecule has 2 aromatic rings. The van der Waals surface area contributed by atoms with Gasteiger partial charge in [0.05, 0.1) is 7.11 Å². The lowest BCUT2D eigenvalue weighted by Crippen LogP contribution is -2.54. The standard InChI is InChI=1S/C21H25FN2O4/c1-28-19-7-4-16(20(22)12-19)13-23-9-10-24(14-17(23)8-11-25)21(27)15-2-5-18(26)6-3-15/h2-7,12,17,25-26H,8-11,13-14H2,1H3. The predicted octanol–water partition coefficient (Wildman–Crippen LogP) is 2.25. The Kier molecular flexibility index (Phi) is 6.49. The lowest BCUT2D eigenvalue weighted by molar-refractivity contribution is 0.0391. The van der Waals surface area contributed by atoms with E-state index in [0.717, 1.165) is 0 Å². The highest BCUT2D eigenvalue weighted by molar-refractivity contribution is 5.94. The van der Waals surface area contributed by atoms with Gasteiger partial charge in [-0.05, 0) is 36.8 Å². The Morgan fingerprint density at radius 2 is 1.96 bits per heavy atom. The van der Waals surface area contributed by atoms with Crippen LogP contribution in [0.3, 0.4) is 0 Å². The van der Waals surface area contributed by atoms with E-state index in [1.54, 1.807) is 29.2 Å². The van der Waals surface area contributed by atoms with Crippen LogP contribution >= 0.6 is 0 Å². The summed E-state index contributed by atoms with van der Waals surface area (Å²) in [7, 11) is 1.50. The first-order chi connectivity index (χ1) is 13.5. The summed E-state index contributed by atoms with van der Waals surface area (Å²) in [5, 5.41) is 18.8. The maximum absolute atomic E-state index is 14.3. The Balaban J connectivity index is 1.70. The number of halogens is 1. The van der Waals surface area contributed by atoms with E-state index in [-0.39, 0.29) is 30.1 Å². The number of phenolic OH excluding ortho intramolecular Hbond substituents is 1. The van der Waals surface area contributed by atoms with Crippen LogP contribution in [0.2, 0.25) is 0 Å². The molecule has 0 saturated carbocycles. The van der Waals surface area contributed by atoms with Gasteiger partial charge in [0.15, 0.2) is 0 Å². The van der Waals surface area contributed by atoms with Crippen LogP contribution in [0.15, 0.2) is 42.5 Å². The summed E-state index contributed by atoms with van der Waals surface area (Å²) in [6.07, 6.45) is 0.497. The highest BCUT2D eigenvalue weighted by atomic mass is 19.1. The molecule has 2 N–H and O–H groups in total. The van der Waals surface area contributed by atoms with Gasteiger partial charge in [-0.3, -0.25) is 9.69 Å². The lowest BCUT2D eigenvalue weighted by Gasteiger charge is -2.41. The molecule has 0 aliphatic carbocycles. The van der Waals surface area contributed by atoms with Crippen LogP contribution < -0.4 is 4.74 Å². The van der Waals surface area contributed by atoms with Gasteiger partial charge in [-0.2, -0.15) is 0 Å². The van der Waals surface area contributed by atoms with Crippen LogP contribution in [-0.4, -0.2) is 65.3 Å². The molecule has 1 atom stereocenters. The van der Waals surface area contributed by atoms with E-state index in [0.29, 0.717) is 49.5 Å². The average Bonchev–Trinajstić information content (AvgIpc) is 2.71. The van der Waals surface area contributed by atoms with E-state index < -0.39 is 0 Å². The number of aliphatic hydroxyl groups excluding tert-OH is 1. The number of amides is 1. The van der Waals surface area contributed by atoms with Crippen LogP contribution in [0.5, 0.6) is 11.5 Å². The minimum absolute atomic E-state index is 0.00645. The zero-order valence-corrected chi connectivity index (χ0v) is 15.8. The van der Waals surface area contributed by atoms with Gasteiger partial charge < -0.3 is 19.8 Å². The smallest absolute Gasteiger partial charge is 0.253 e. The number of rotatable bonds is 6. The van der Waals surface area contributed by atoms with Gasteiger partial charge in [-0.25, -0.2) is 4.39 Å². The van der Waals surface area contributed by atoms with Crippen molar-refractivity contribution >= 4 is 5.91 Å². The minimum atomic E-state index is -0.329. The molecule has 3 rings (SSSR count). The Morgan fingerprint density at radius 3 is 2.61 bits per heavy atom. The zero-order chi connectivity index (χ0) is 20.1. The summed E-state index contributed by atoms with van der Waals surface area (Å²) in [6, 6.07) is 10.9. The van der Waals surface area contributed by atoms with Crippen molar-refractivity contribution in [1.82, 2.24) is 9.80 Å². The first-order valence-corrected chi connectivity index (χ1v) is 9.27. The van der Waals surface area contributed by atoms with Crippen LogP contribution in [0, 0.1) is 5.82 Å². The summed E-state index contributed by atoms with van der Waals surface area (Å²) in [4.78, 5) is 16.6. The summed E-state index contributed by atoms with van der Waals surface area (Å²) in [5.41, 5.74) is 1.07. The fourth-order valence-electron chi connectivity index (χ4n) is 3.50. The molecular formula is C21H25FN2O4. The third kappa shape index (κ3) is 4.61. The second kappa shape index (κ2) is 9.03. The molecule has 1 saturated heterocycles. The number of carbonyl (C=O) groups is 1. The van der Waals surface area contributed by atoms with Gasteiger partial charge in [0.1, 0.15) is 17.3 Å². The molecule has 0 aromatic heterocycles. The maximum Gasteiger partial charge on any atom is 0.253 e. The van der Waals surface area contributed by atoms with Crippen molar-refractivity contribution in [2.24, 2.45) is 0 Å². The van der Waals surface area contributed by atoms with Gasteiger partial charge in [-0.1, -0.05) is 6.07 Å². The summed E-state index contributed by atoms with van der Waals surface area (Å²) < 4.78 is 19.4. The number of carbonyl (C=O) groups excluding carboxylic acids is 1. The molecule has 6 nitrogen and oxygen atoms in total. The average molecular weight is 388 g/mol. The first-order valence-electron chi connectivity index (χ1n) is 9.27. The van der Waals surface area contributed by atoms with Crippen molar-refractivity contribution in [3.8, 4) is 11.5 Å². The van der Waals surface area contributed by atoms with E-state index in [1.807, 2.05) is 0 Å². The summed E-state index contributed by atoms with van der Waals surface area (Å²) in [6.45, 7) is 1.95. The highest BCUT2D eigenvalue weighted by Gasteiger charge is 2.30. The SMILES string of the molecule is COc1ccc(CN2CCN(C(=O)c3ccc(O)cc3)CC2CCO)c(F)c1. The molecule has 1 aliphatic rings. The first kappa shape index (κ1) is 20.1. The molecule has 0 spiro atoms. The molecule has 2 aromatic carbocycles. The predicted molar refractivity (Wildman–Crippen MR) is 103 cm³/mol. The molecule has 28 heavy (non-hydrogen) atoms. The van der Waals surface area contributed by atoms with Crippen LogP contribution in [-0.2, 0) is 6.54 Å². The van der Waals surface area contributed by atoms with Crippen molar-refractivity contribution in [3.63, 3.8) is 0 Å². The number of hydrogen-bond acceptors (Lipinski definition) is 5. The number of aromatic hydroxyl groups is 1. The Labute approximate surface area is 163 Å². The van der Waals surface area contributed by atoms with Crippen molar-refractivity contribution < 1.29 is 24.1 Å². The molecule has 1 aliphatic heterocycles. The maximum atomic E-state index is 14.3. The third-order valence-corrected chi connectivity index (χ3v) is 5.10. The van der Waals surface area contributed by atoms with E-state index in [9.17, 15) is 19.4 Å². The Hall–Kier alpha value is -2.64. The number of phenols is 1. The van der Waals surface area contributed by atoms with Crippen LogP contribution in [0.4, 0.5) is 4.39 Å². The molecule has 1 heterocycles. The molecule has 150 valence electrons. The van der Waals surface area contributed by atoms with E-state index in [2.05, 4.69) is 4.90 Å². The lowest BCUT2D eigenvalue weighted by atomic mass is 10.1. The highest BCUT2D eigenvalue weighted by Crippen LogP contribution is 2.22. The van der Waals surface area contributed by atoms with E-state index in [4.69, 9.17) is 4.74 Å². The molecular weight excluding hydrogens is 363 g/mol. The Bertz CT molecular complexity index is 813. The summed E-state index contributed by atoms with van der Waals surface area (Å²) in [5.74, 6) is 0.140. The molecule has 1 amide bonds. The van der Waals surface area contributed by atoms with E-state index >= 15 is 0 Å². The molecule has 0 radical (unpaired) electrons. The fourth-order valence-corrected chi connectivity index (χ4v) is 3.50. The second-order valence-corrected chi connectivity index (χ2v) is 6.89. The number of hydrogen-bond donors (Lipinski definition) is 2. The number of nitrogens with zero attached hydrogens (tertiary/aromatic N) is 2. The third-order valence-electron chi connectivity index (χ3n) is 5.10. The van der Waals surface area contributed by atoms with Crippen molar-refractivity contribution in [2.75, 3.05) is 33.4 Å². The topological polar surface area (TPSA) is 73.2 Å². The quantitative estimate of drug-likeness (QED) is 0.794. The van der Waals surface area contributed by atoms with Gasteiger partial charge in [0, 0.05) is 56.0 Å². The summed E-state index contributed by atoms with van der Waals surface area (Å²) >= 11 is 0. The van der Waals surface area contributed by atoms with Crippen LogP contribution in [0.1, 0.15) is 22.3 Å². The fraction of sp³-hybridized carbons (Fsp3) is 0.381. The number of aliphatic hydroxyl groups is 1. The van der Waals surface area contributed by atoms with E-state index in [1.165, 1.54) is 25.3 Å². The molecule has 7 heteroatoms. The molecule has 1 unspecified atom stereocenters. The van der Waals surface area contributed by atoms with Crippen LogP contribution in [0.25, 0.3) is 0 Å². The number of ether oxygens (including phenoxy) is 1.